The topological polar surface area (TPSA) is 129 Å². The highest BCUT2D eigenvalue weighted by Gasteiger charge is 2.27. The van der Waals surface area contributed by atoms with Crippen molar-refractivity contribution in [3.8, 4) is 0 Å². The van der Waals surface area contributed by atoms with Gasteiger partial charge in [-0.25, -0.2) is 4.57 Å². The van der Waals surface area contributed by atoms with Crippen molar-refractivity contribution in [2.45, 2.75) is 148 Å². The Bertz CT molecular complexity index is 1260. The third-order valence-corrected chi connectivity index (χ3v) is 9.49. The molecule has 0 bridgehead atoms. The summed E-state index contributed by atoms with van der Waals surface area (Å²) in [4.78, 5) is 35.3. The van der Waals surface area contributed by atoms with Crippen LogP contribution in [-0.2, 0) is 32.7 Å². The predicted octanol–water partition coefficient (Wildman–Crippen LogP) is 11.0. The molecular weight excluding hydrogens is 741 g/mol. The molecule has 11 heteroatoms. The van der Waals surface area contributed by atoms with Crippen LogP contribution in [0.2, 0.25) is 0 Å². The number of hydrogen-bond donors (Lipinski definition) is 2. The summed E-state index contributed by atoms with van der Waals surface area (Å²) in [5, 5.41) is 10.2. The largest absolute Gasteiger partial charge is 0.472 e. The van der Waals surface area contributed by atoms with E-state index in [2.05, 4.69) is 62.5 Å². The molecule has 0 radical (unpaired) electrons. The van der Waals surface area contributed by atoms with E-state index in [1.807, 2.05) is 45.4 Å². The summed E-state index contributed by atoms with van der Waals surface area (Å²) >= 11 is 0. The van der Waals surface area contributed by atoms with Crippen LogP contribution in [0.15, 0.2) is 85.1 Å². The highest BCUT2D eigenvalue weighted by atomic mass is 31.2. The van der Waals surface area contributed by atoms with Gasteiger partial charge in [0.1, 0.15) is 19.8 Å². The number of likely N-dealkylation sites (N-methyl/N-ethyl adjacent to an activating group) is 1. The van der Waals surface area contributed by atoms with Gasteiger partial charge in [0.25, 0.3) is 0 Å². The van der Waals surface area contributed by atoms with E-state index in [0.717, 1.165) is 64.2 Å². The summed E-state index contributed by atoms with van der Waals surface area (Å²) in [7, 11) is 1.36. The van der Waals surface area contributed by atoms with Gasteiger partial charge in [-0.15, -0.1) is 0 Å². The minimum atomic E-state index is -4.42. The second kappa shape index (κ2) is 37.4. The summed E-state index contributed by atoms with van der Waals surface area (Å²) in [5.74, 6) is -1.000. The van der Waals surface area contributed by atoms with Crippen LogP contribution in [0, 0.1) is 0 Å². The summed E-state index contributed by atoms with van der Waals surface area (Å²) in [5.41, 5.74) is 0. The van der Waals surface area contributed by atoms with Crippen molar-refractivity contribution in [1.29, 1.82) is 0 Å². The smallest absolute Gasteiger partial charge is 0.462 e. The zero-order valence-corrected chi connectivity index (χ0v) is 37.0. The lowest BCUT2D eigenvalue weighted by Gasteiger charge is -2.24. The number of hydrogen-bond acceptors (Lipinski definition) is 8. The first-order valence-corrected chi connectivity index (χ1v) is 22.9. The highest BCUT2D eigenvalue weighted by Crippen LogP contribution is 2.43. The number of carbonyl (C=O) groups excluding carboxylic acids is 2. The molecule has 0 aromatic carbocycles. The van der Waals surface area contributed by atoms with Crippen molar-refractivity contribution in [2.24, 2.45) is 0 Å². The lowest BCUT2D eigenvalue weighted by Crippen LogP contribution is -2.37. The van der Waals surface area contributed by atoms with Gasteiger partial charge in [0.15, 0.2) is 6.10 Å². The van der Waals surface area contributed by atoms with Gasteiger partial charge < -0.3 is 24.0 Å². The fraction of sp³-hybridized carbons (Fsp3) is 0.652. The first-order chi connectivity index (χ1) is 27.4. The summed E-state index contributed by atoms with van der Waals surface area (Å²) in [6.07, 6.45) is 43.8. The van der Waals surface area contributed by atoms with Crippen molar-refractivity contribution in [3.05, 3.63) is 85.1 Å². The Kier molecular flexibility index (Phi) is 35.6. The number of phosphoric acid groups is 1. The molecule has 0 amide bonds. The van der Waals surface area contributed by atoms with E-state index in [-0.39, 0.29) is 26.1 Å². The van der Waals surface area contributed by atoms with Crippen molar-refractivity contribution in [1.82, 2.24) is 0 Å². The molecule has 326 valence electrons. The molecule has 0 saturated heterocycles. The van der Waals surface area contributed by atoms with Crippen LogP contribution in [0.5, 0.6) is 0 Å². The van der Waals surface area contributed by atoms with E-state index < -0.39 is 38.6 Å². The van der Waals surface area contributed by atoms with E-state index in [1.54, 1.807) is 12.2 Å². The maximum absolute atomic E-state index is 12.7. The number of phosphoric ester groups is 1. The van der Waals surface area contributed by atoms with E-state index in [4.69, 9.17) is 18.5 Å². The van der Waals surface area contributed by atoms with Crippen LogP contribution in [0.25, 0.3) is 0 Å². The van der Waals surface area contributed by atoms with Gasteiger partial charge in [0, 0.05) is 12.8 Å². The standard InChI is InChI=1S/C46H78NO9P/c1-6-8-10-12-14-16-18-20-22-24-26-28-31-35-43(48)36-32-30-34-37-45(49)53-41-44(42-55-57(51,52)54-40-39-47(3,4)5)56-46(50)38-33-29-27-25-23-21-19-17-15-13-11-9-7-2/h8,10,14,16-17,19-20,22,26,28,30-32,35,43-44,48H,6-7,9,11-13,15,18,21,23-25,27,29,33-34,36-42H2,1-5H3/p+1/b10-8-,16-14-,19-17-,22-20-,28-26-,32-30-,35-31-/t43?,44-/m1/s1. The fourth-order valence-electron chi connectivity index (χ4n) is 5.12. The number of aliphatic hydroxyl groups excluding tert-OH is 1. The maximum atomic E-state index is 12.7. The molecule has 0 aliphatic carbocycles. The zero-order valence-electron chi connectivity index (χ0n) is 36.1. The number of allylic oxidation sites excluding steroid dienone is 12. The average molecular weight is 821 g/mol. The molecular formula is C46H79NO9P+. The molecule has 0 aromatic heterocycles. The third-order valence-electron chi connectivity index (χ3n) is 8.50. The highest BCUT2D eigenvalue weighted by molar-refractivity contribution is 7.47. The van der Waals surface area contributed by atoms with Crippen molar-refractivity contribution in [3.63, 3.8) is 0 Å². The predicted molar refractivity (Wildman–Crippen MR) is 235 cm³/mol. The number of unbranched alkanes of at least 4 members (excludes halogenated alkanes) is 9. The third kappa shape index (κ3) is 41.1. The molecule has 0 rings (SSSR count). The van der Waals surface area contributed by atoms with Crippen molar-refractivity contribution in [2.75, 3.05) is 47.5 Å². The molecule has 10 nitrogen and oxygen atoms in total. The van der Waals surface area contributed by atoms with Gasteiger partial charge in [-0.3, -0.25) is 18.6 Å². The molecule has 57 heavy (non-hydrogen) atoms. The normalized spacial score (nSPS) is 15.0. The Labute approximate surface area is 346 Å². The number of ether oxygens (including phenoxy) is 2. The Morgan fingerprint density at radius 2 is 1.25 bits per heavy atom. The van der Waals surface area contributed by atoms with Gasteiger partial charge in [0.05, 0.1) is 33.9 Å². The zero-order chi connectivity index (χ0) is 42.3. The lowest BCUT2D eigenvalue weighted by molar-refractivity contribution is -0.870. The first kappa shape index (κ1) is 54.2. The van der Waals surface area contributed by atoms with Crippen LogP contribution in [0.3, 0.4) is 0 Å². The van der Waals surface area contributed by atoms with Crippen LogP contribution in [-0.4, -0.2) is 86.1 Å². The molecule has 2 unspecified atom stereocenters. The molecule has 0 aliphatic rings. The number of esters is 2. The lowest BCUT2D eigenvalue weighted by atomic mass is 10.1. The average Bonchev–Trinajstić information content (AvgIpc) is 3.15. The van der Waals surface area contributed by atoms with Gasteiger partial charge in [-0.1, -0.05) is 137 Å². The fourth-order valence-corrected chi connectivity index (χ4v) is 5.86. The minimum Gasteiger partial charge on any atom is -0.462 e. The Morgan fingerprint density at radius 3 is 1.89 bits per heavy atom. The monoisotopic (exact) mass is 821 g/mol. The van der Waals surface area contributed by atoms with Crippen molar-refractivity contribution >= 4 is 19.8 Å². The van der Waals surface area contributed by atoms with Crippen LogP contribution in [0.1, 0.15) is 136 Å². The number of rotatable bonds is 37. The number of nitrogens with zero attached hydrogens (tertiary/aromatic N) is 1. The molecule has 0 aromatic rings. The SMILES string of the molecule is CC/C=C\C/C=C\C/C=C\C/C=C\C=C/C(O)C/C=C\CCC(=O)OC[C@H](COP(=O)(O)OCC[N+](C)(C)C)OC(=O)CCCCCCC/C=C\CCCCCC. The molecule has 0 heterocycles. The second-order valence-electron chi connectivity index (χ2n) is 15.2. The van der Waals surface area contributed by atoms with E-state index >= 15 is 0 Å². The molecule has 0 spiro atoms. The van der Waals surface area contributed by atoms with Gasteiger partial charge in [-0.05, 0) is 70.6 Å². The number of carbonyl (C=O) groups is 2. The minimum absolute atomic E-state index is 0.00181. The molecule has 2 N–H and O–H groups in total. The van der Waals surface area contributed by atoms with E-state index in [1.165, 1.54) is 25.7 Å². The van der Waals surface area contributed by atoms with Crippen LogP contribution < -0.4 is 0 Å². The Hall–Kier alpha value is -2.85. The summed E-state index contributed by atoms with van der Waals surface area (Å²) in [6, 6.07) is 0. The van der Waals surface area contributed by atoms with Crippen LogP contribution >= 0.6 is 7.82 Å². The summed E-state index contributed by atoms with van der Waals surface area (Å²) in [6.45, 7) is 4.05. The number of quaternary nitrogens is 1. The summed E-state index contributed by atoms with van der Waals surface area (Å²) < 4.78 is 34.1. The van der Waals surface area contributed by atoms with E-state index in [0.29, 0.717) is 30.3 Å². The quantitative estimate of drug-likeness (QED) is 0.0157. The first-order valence-electron chi connectivity index (χ1n) is 21.4. The Morgan fingerprint density at radius 1 is 0.649 bits per heavy atom. The van der Waals surface area contributed by atoms with Crippen LogP contribution in [0.4, 0.5) is 0 Å². The van der Waals surface area contributed by atoms with E-state index in [9.17, 15) is 24.2 Å². The molecule has 3 atom stereocenters. The van der Waals surface area contributed by atoms with Gasteiger partial charge in [0.2, 0.25) is 0 Å². The molecule has 0 aliphatic heterocycles. The number of aliphatic hydroxyl groups is 1. The second-order valence-corrected chi connectivity index (χ2v) is 16.6. The molecule has 0 fully saturated rings. The maximum Gasteiger partial charge on any atom is 0.472 e. The molecule has 0 saturated carbocycles. The Balaban J connectivity index is 4.62. The van der Waals surface area contributed by atoms with Gasteiger partial charge in [-0.2, -0.15) is 0 Å². The van der Waals surface area contributed by atoms with Gasteiger partial charge >= 0.3 is 19.8 Å². The van der Waals surface area contributed by atoms with Crippen molar-refractivity contribution < 1.29 is 47.2 Å².